The molecule has 0 aliphatic heterocycles. The average Bonchev–Trinajstić information content (AvgIpc) is 2.53. The van der Waals surface area contributed by atoms with Gasteiger partial charge in [0.2, 0.25) is 5.91 Å². The van der Waals surface area contributed by atoms with Crippen molar-refractivity contribution >= 4 is 5.91 Å². The van der Waals surface area contributed by atoms with Gasteiger partial charge in [0.25, 0.3) is 0 Å². The van der Waals surface area contributed by atoms with Gasteiger partial charge in [-0.05, 0) is 29.0 Å². The summed E-state index contributed by atoms with van der Waals surface area (Å²) in [4.78, 5) is 15.2. The summed E-state index contributed by atoms with van der Waals surface area (Å²) in [6.07, 6.45) is -4.30. The summed E-state index contributed by atoms with van der Waals surface area (Å²) in [7, 11) is 0. The highest BCUT2D eigenvalue weighted by Crippen LogP contribution is 2.33. The molecule has 0 aliphatic rings. The summed E-state index contributed by atoms with van der Waals surface area (Å²) in [6, 6.07) is 9.62. The summed E-state index contributed by atoms with van der Waals surface area (Å²) in [6.45, 7) is 7.83. The lowest BCUT2D eigenvalue weighted by molar-refractivity contribution is -0.141. The van der Waals surface area contributed by atoms with Crippen LogP contribution in [0, 0.1) is 5.92 Å². The number of pyridine rings is 1. The van der Waals surface area contributed by atoms with E-state index in [0.717, 1.165) is 11.6 Å². The number of halogens is 3. The van der Waals surface area contributed by atoms with Crippen LogP contribution in [0.4, 0.5) is 13.2 Å². The molecule has 1 aromatic heterocycles. The van der Waals surface area contributed by atoms with Gasteiger partial charge in [-0.3, -0.25) is 4.79 Å². The normalized spacial score (nSPS) is 13.5. The van der Waals surface area contributed by atoms with E-state index in [1.807, 2.05) is 12.1 Å². The van der Waals surface area contributed by atoms with Crippen LogP contribution in [-0.2, 0) is 22.8 Å². The number of aromatic nitrogens is 1. The number of primary amides is 1. The average molecular weight is 364 g/mol. The van der Waals surface area contributed by atoms with Crippen LogP contribution >= 0.6 is 0 Å². The lowest BCUT2D eigenvalue weighted by Gasteiger charge is -2.20. The Morgan fingerprint density at radius 1 is 1.08 bits per heavy atom. The van der Waals surface area contributed by atoms with E-state index in [0.29, 0.717) is 11.1 Å². The number of benzene rings is 1. The molecule has 2 rings (SSSR count). The molecule has 6 heteroatoms. The molecule has 0 fully saturated rings. The topological polar surface area (TPSA) is 56.0 Å². The molecule has 0 aliphatic carbocycles. The third kappa shape index (κ3) is 4.62. The number of nitrogens with zero attached hydrogens (tertiary/aromatic N) is 1. The van der Waals surface area contributed by atoms with Crippen molar-refractivity contribution in [1.29, 1.82) is 0 Å². The fourth-order valence-electron chi connectivity index (χ4n) is 2.62. The lowest BCUT2D eigenvalue weighted by atomic mass is 9.86. The summed E-state index contributed by atoms with van der Waals surface area (Å²) in [5, 5.41) is 0. The van der Waals surface area contributed by atoms with E-state index < -0.39 is 23.7 Å². The van der Waals surface area contributed by atoms with Gasteiger partial charge in [0, 0.05) is 11.5 Å². The molecule has 140 valence electrons. The van der Waals surface area contributed by atoms with Crippen molar-refractivity contribution in [2.24, 2.45) is 11.7 Å². The molecule has 1 amide bonds. The van der Waals surface area contributed by atoms with Crippen LogP contribution in [0.2, 0.25) is 0 Å². The smallest absolute Gasteiger partial charge is 0.369 e. The van der Waals surface area contributed by atoms with Gasteiger partial charge in [0.05, 0.1) is 5.69 Å². The van der Waals surface area contributed by atoms with Gasteiger partial charge in [-0.25, -0.2) is 4.98 Å². The van der Waals surface area contributed by atoms with E-state index in [4.69, 9.17) is 5.73 Å². The lowest BCUT2D eigenvalue weighted by Crippen LogP contribution is -2.23. The van der Waals surface area contributed by atoms with Gasteiger partial charge >= 0.3 is 6.18 Å². The van der Waals surface area contributed by atoms with Crippen LogP contribution in [0.25, 0.3) is 11.3 Å². The quantitative estimate of drug-likeness (QED) is 0.853. The summed E-state index contributed by atoms with van der Waals surface area (Å²) >= 11 is 0. The van der Waals surface area contributed by atoms with Crippen molar-refractivity contribution in [1.82, 2.24) is 4.98 Å². The van der Waals surface area contributed by atoms with Crippen molar-refractivity contribution in [3.05, 3.63) is 53.2 Å². The maximum absolute atomic E-state index is 13.1. The zero-order valence-electron chi connectivity index (χ0n) is 15.3. The van der Waals surface area contributed by atoms with Crippen molar-refractivity contribution in [2.75, 3.05) is 0 Å². The summed E-state index contributed by atoms with van der Waals surface area (Å²) < 4.78 is 39.3. The molecule has 1 aromatic carbocycles. The molecule has 1 heterocycles. The van der Waals surface area contributed by atoms with E-state index in [2.05, 4.69) is 25.8 Å². The molecule has 0 bridgehead atoms. The Labute approximate surface area is 151 Å². The predicted octanol–water partition coefficient (Wildman–Crippen LogP) is 4.73. The van der Waals surface area contributed by atoms with Gasteiger partial charge in [0.1, 0.15) is 5.69 Å². The van der Waals surface area contributed by atoms with Crippen molar-refractivity contribution in [3.63, 3.8) is 0 Å². The SMILES string of the molecule is CC(Cc1ccc(C(F)(F)F)nc1-c1ccc(C(C)(C)C)cc1)C(N)=O. The van der Waals surface area contributed by atoms with Crippen molar-refractivity contribution < 1.29 is 18.0 Å². The molecule has 0 saturated heterocycles. The van der Waals surface area contributed by atoms with E-state index in [1.54, 1.807) is 19.1 Å². The predicted molar refractivity (Wildman–Crippen MR) is 95.4 cm³/mol. The van der Waals surface area contributed by atoms with Gasteiger partial charge in [-0.2, -0.15) is 13.2 Å². The van der Waals surface area contributed by atoms with Crippen LogP contribution in [0.1, 0.15) is 44.5 Å². The fraction of sp³-hybridized carbons (Fsp3) is 0.400. The number of carbonyl (C=O) groups excluding carboxylic acids is 1. The van der Waals surface area contributed by atoms with Crippen LogP contribution in [0.5, 0.6) is 0 Å². The Hall–Kier alpha value is -2.37. The number of rotatable bonds is 4. The Morgan fingerprint density at radius 3 is 2.12 bits per heavy atom. The zero-order chi connectivity index (χ0) is 19.7. The molecule has 1 unspecified atom stereocenters. The fourth-order valence-corrected chi connectivity index (χ4v) is 2.62. The molecule has 0 saturated carbocycles. The molecular weight excluding hydrogens is 341 g/mol. The standard InChI is InChI=1S/C20H23F3N2O/c1-12(18(24)26)11-14-7-10-16(20(21,22)23)25-17(14)13-5-8-15(9-6-13)19(2,3)4/h5-10,12H,11H2,1-4H3,(H2,24,26). The minimum absolute atomic E-state index is 0.0664. The molecule has 0 spiro atoms. The molecule has 2 aromatic rings. The molecule has 0 radical (unpaired) electrons. The Bertz CT molecular complexity index is 790. The zero-order valence-corrected chi connectivity index (χ0v) is 15.3. The van der Waals surface area contributed by atoms with E-state index in [9.17, 15) is 18.0 Å². The maximum Gasteiger partial charge on any atom is 0.433 e. The minimum atomic E-state index is -4.53. The second-order valence-electron chi connectivity index (χ2n) is 7.54. The highest BCUT2D eigenvalue weighted by molar-refractivity contribution is 5.77. The Morgan fingerprint density at radius 2 is 1.65 bits per heavy atom. The van der Waals surface area contributed by atoms with Crippen molar-refractivity contribution in [2.45, 2.75) is 45.7 Å². The van der Waals surface area contributed by atoms with E-state index in [-0.39, 0.29) is 17.5 Å². The number of nitrogens with two attached hydrogens (primary N) is 1. The first-order chi connectivity index (χ1) is 11.9. The first-order valence-corrected chi connectivity index (χ1v) is 8.37. The van der Waals surface area contributed by atoms with Crippen LogP contribution < -0.4 is 5.73 Å². The van der Waals surface area contributed by atoms with Gasteiger partial charge < -0.3 is 5.73 Å². The minimum Gasteiger partial charge on any atom is -0.369 e. The highest BCUT2D eigenvalue weighted by Gasteiger charge is 2.33. The third-order valence-electron chi connectivity index (χ3n) is 4.31. The first-order valence-electron chi connectivity index (χ1n) is 8.37. The number of amides is 1. The third-order valence-corrected chi connectivity index (χ3v) is 4.31. The van der Waals surface area contributed by atoms with Crippen molar-refractivity contribution in [3.8, 4) is 11.3 Å². The van der Waals surface area contributed by atoms with E-state index in [1.165, 1.54) is 6.07 Å². The number of hydrogen-bond donors (Lipinski definition) is 1. The molecule has 3 nitrogen and oxygen atoms in total. The second kappa shape index (κ2) is 7.09. The molecule has 26 heavy (non-hydrogen) atoms. The number of alkyl halides is 3. The maximum atomic E-state index is 13.1. The van der Waals surface area contributed by atoms with Gasteiger partial charge in [-0.1, -0.05) is 58.0 Å². The summed E-state index contributed by atoms with van der Waals surface area (Å²) in [5.41, 5.74) is 6.72. The van der Waals surface area contributed by atoms with Crippen LogP contribution in [0.15, 0.2) is 36.4 Å². The number of carbonyl (C=O) groups is 1. The highest BCUT2D eigenvalue weighted by atomic mass is 19.4. The van der Waals surface area contributed by atoms with Gasteiger partial charge in [0.15, 0.2) is 0 Å². The van der Waals surface area contributed by atoms with Crippen LogP contribution in [0.3, 0.4) is 0 Å². The molecule has 2 N–H and O–H groups in total. The van der Waals surface area contributed by atoms with Gasteiger partial charge in [-0.15, -0.1) is 0 Å². The first kappa shape index (κ1) is 19.9. The van der Waals surface area contributed by atoms with Crippen LogP contribution in [-0.4, -0.2) is 10.9 Å². The monoisotopic (exact) mass is 364 g/mol. The molecule has 1 atom stereocenters. The van der Waals surface area contributed by atoms with E-state index >= 15 is 0 Å². The molecular formula is C20H23F3N2O. The largest absolute Gasteiger partial charge is 0.433 e. The number of hydrogen-bond acceptors (Lipinski definition) is 2. The Kier molecular flexibility index (Phi) is 5.44. The summed E-state index contributed by atoms with van der Waals surface area (Å²) in [5.74, 6) is -1.000. The second-order valence-corrected chi connectivity index (χ2v) is 7.54. The Balaban J connectivity index is 2.53.